The molecule has 0 unspecified atom stereocenters. The molecule has 10 aliphatic rings. The van der Waals surface area contributed by atoms with Crippen molar-refractivity contribution in [3.8, 4) is 0 Å². The minimum absolute atomic E-state index is 0. The average Bonchev–Trinajstić information content (AvgIpc) is 0.898. The van der Waals surface area contributed by atoms with Crippen LogP contribution in [0.2, 0.25) is 0 Å². The maximum atomic E-state index is 12.0. The molecule has 121 heavy (non-hydrogen) atoms. The van der Waals surface area contributed by atoms with Crippen molar-refractivity contribution in [2.24, 2.45) is 152 Å². The standard InChI is InChI=1S/C11H20.C10H20O.2C9H18.C8H16O2.C8H16O.2C8H16.C8H18.C7H14O2.C7H16.C6H12F2.C5H10F2.C5H12O.CH4/c1-8(2)10-6-11(7-10)4-9(3)5-11;1-9(2)8-10(11)6-4-3-5-7-10;1-7(2)4-9-5-8(3)6-9;1-8(2)7-9-5-3-4-6-9;1-7(2)3-8(4-9)5-10-6-8;1-7(2)4-8(3)5-9-6-8;1-6(2)8-4-7(3)5-8;1-7(2)6-8-4-3-5-8;1-7(2)6-8(3,4)5;1-6(2)3-7(8)4-9-5-7;1-6(2)5-7(3)4;1-5(2)4-6(3,7)8;1-4(2)3-5(6)7;1-4-6-5(2)3;/h8-10H,4-7H2,1-3H3;9,11H,3-8H2,1-2H3;7-9H,4-6H2,1-3H3;8-9H,3-7H2,1-2H3;7,9H,3-6H2,1-2H3;7H,4-6H2,1-3H3;6-8H,4-5H2,1-3H3;7-8H,3-6H2,1-2H3;7H,6H2,1-5H3;6,8H,3-5H2,1-2H3;6-7H,5H2,1-4H3;5H,4H2,1-3H3;4-5H,3H2,1-2H3;5H,4H2,1-3H3;1H4. The van der Waals surface area contributed by atoms with E-state index in [1.165, 1.54) is 141 Å². The van der Waals surface area contributed by atoms with Gasteiger partial charge in [0.1, 0.15) is 5.60 Å². The number of rotatable bonds is 26. The van der Waals surface area contributed by atoms with E-state index in [2.05, 4.69) is 215 Å². The van der Waals surface area contributed by atoms with Gasteiger partial charge in [0.2, 0.25) is 12.3 Å². The molecule has 3 heterocycles. The molecule has 10 rings (SSSR count). The van der Waals surface area contributed by atoms with E-state index in [1.54, 1.807) is 40.5 Å². The third-order valence-corrected chi connectivity index (χ3v) is 24.6. The van der Waals surface area contributed by atoms with Crippen LogP contribution in [0.15, 0.2) is 0 Å². The second kappa shape index (κ2) is 68.5. The molecule has 0 radical (unpaired) electrons. The highest BCUT2D eigenvalue weighted by atomic mass is 19.3. The van der Waals surface area contributed by atoms with E-state index in [0.717, 1.165) is 178 Å². The molecule has 10 fully saturated rings. The van der Waals surface area contributed by atoms with Gasteiger partial charge < -0.3 is 34.3 Å². The summed E-state index contributed by atoms with van der Waals surface area (Å²) in [6.45, 7) is 90.5. The lowest BCUT2D eigenvalue weighted by Crippen LogP contribution is -2.50. The summed E-state index contributed by atoms with van der Waals surface area (Å²) in [7, 11) is 0. The van der Waals surface area contributed by atoms with E-state index in [-0.39, 0.29) is 49.7 Å². The molecule has 0 aromatic rings. The second-order valence-electron chi connectivity index (χ2n) is 49.0. The summed E-state index contributed by atoms with van der Waals surface area (Å²) in [5.74, 6) is 16.2. The van der Waals surface area contributed by atoms with Gasteiger partial charge in [0.25, 0.3) is 0 Å². The highest BCUT2D eigenvalue weighted by Crippen LogP contribution is 2.62. The van der Waals surface area contributed by atoms with Crippen LogP contribution in [0.5, 0.6) is 0 Å². The number of hydrogen-bond donors (Lipinski definition) is 3. The van der Waals surface area contributed by atoms with Crippen LogP contribution in [0.4, 0.5) is 17.6 Å². The molecule has 7 saturated carbocycles. The van der Waals surface area contributed by atoms with Gasteiger partial charge in [0.15, 0.2) is 0 Å². The van der Waals surface area contributed by atoms with Gasteiger partial charge in [-0.3, -0.25) is 0 Å². The summed E-state index contributed by atoms with van der Waals surface area (Å²) < 4.78 is 66.7. The van der Waals surface area contributed by atoms with Crippen LogP contribution in [0.3, 0.4) is 0 Å². The van der Waals surface area contributed by atoms with Crippen LogP contribution in [0.1, 0.15) is 476 Å². The van der Waals surface area contributed by atoms with Crippen LogP contribution >= 0.6 is 0 Å². The third kappa shape index (κ3) is 76.8. The Morgan fingerprint density at radius 1 is 0.397 bits per heavy atom. The van der Waals surface area contributed by atoms with Crippen molar-refractivity contribution in [3.05, 3.63) is 0 Å². The number of alkyl halides is 4. The van der Waals surface area contributed by atoms with Gasteiger partial charge in [0, 0.05) is 30.3 Å². The second-order valence-corrected chi connectivity index (χ2v) is 49.0. The van der Waals surface area contributed by atoms with Gasteiger partial charge in [-0.15, -0.1) is 0 Å². The predicted molar refractivity (Wildman–Crippen MR) is 528 cm³/mol. The summed E-state index contributed by atoms with van der Waals surface area (Å²) in [4.78, 5) is 0. The van der Waals surface area contributed by atoms with Gasteiger partial charge in [0.05, 0.1) is 58.0 Å². The number of ether oxygens (including phenoxy) is 4. The minimum Gasteiger partial charge on any atom is -0.396 e. The van der Waals surface area contributed by atoms with Crippen molar-refractivity contribution in [1.29, 1.82) is 0 Å². The first-order valence-electron chi connectivity index (χ1n) is 51.0. The van der Waals surface area contributed by atoms with E-state index in [1.807, 2.05) is 20.8 Å². The predicted octanol–water partition coefficient (Wildman–Crippen LogP) is 34.7. The van der Waals surface area contributed by atoms with Crippen molar-refractivity contribution < 1.29 is 51.8 Å². The Balaban J connectivity index is -0.000000400. The van der Waals surface area contributed by atoms with Crippen LogP contribution in [-0.2, 0) is 18.9 Å². The Morgan fingerprint density at radius 3 is 0.934 bits per heavy atom. The van der Waals surface area contributed by atoms with Gasteiger partial charge >= 0.3 is 0 Å². The molecule has 0 amide bonds. The molecule has 3 aliphatic heterocycles. The van der Waals surface area contributed by atoms with Crippen molar-refractivity contribution in [2.75, 3.05) is 52.9 Å². The van der Waals surface area contributed by atoms with Gasteiger partial charge in [-0.1, -0.05) is 314 Å². The van der Waals surface area contributed by atoms with Crippen LogP contribution in [0.25, 0.3) is 0 Å². The molecule has 1 spiro atoms. The molecule has 0 bridgehead atoms. The fourth-order valence-electron chi connectivity index (χ4n) is 20.1. The van der Waals surface area contributed by atoms with E-state index in [9.17, 15) is 27.8 Å². The molecule has 7 aliphatic carbocycles. The zero-order valence-corrected chi connectivity index (χ0v) is 88.4. The highest BCUT2D eigenvalue weighted by Gasteiger charge is 2.51. The van der Waals surface area contributed by atoms with E-state index < -0.39 is 17.9 Å². The smallest absolute Gasteiger partial charge is 0.245 e. The molecule has 0 atom stereocenters. The topological polar surface area (TPSA) is 97.6 Å². The molecule has 0 aromatic carbocycles. The normalized spacial score (nSPS) is 23.7. The molecule has 7 nitrogen and oxygen atoms in total. The molecule has 0 aromatic heterocycles. The van der Waals surface area contributed by atoms with Crippen LogP contribution < -0.4 is 0 Å². The highest BCUT2D eigenvalue weighted by molar-refractivity contribution is 5.02. The first kappa shape index (κ1) is 129. The lowest BCUT2D eigenvalue weighted by atomic mass is 9.47. The van der Waals surface area contributed by atoms with Crippen molar-refractivity contribution in [3.63, 3.8) is 0 Å². The summed E-state index contributed by atoms with van der Waals surface area (Å²) in [5.41, 5.74) is 1.26. The molecule has 11 heteroatoms. The lowest BCUT2D eigenvalue weighted by molar-refractivity contribution is -0.185. The summed E-state index contributed by atoms with van der Waals surface area (Å²) in [5, 5.41) is 28.5. The Bertz CT molecular complexity index is 2160. The largest absolute Gasteiger partial charge is 0.396 e. The monoisotopic (exact) mass is 1740 g/mol. The van der Waals surface area contributed by atoms with E-state index in [0.29, 0.717) is 47.9 Å². The van der Waals surface area contributed by atoms with Crippen LogP contribution in [0, 0.1) is 152 Å². The molecular formula is C110H226F4O7. The van der Waals surface area contributed by atoms with Crippen molar-refractivity contribution >= 4 is 0 Å². The van der Waals surface area contributed by atoms with Gasteiger partial charge in [-0.05, 0) is 291 Å². The number of halogens is 4. The first-order valence-corrected chi connectivity index (χ1v) is 51.0. The third-order valence-electron chi connectivity index (χ3n) is 24.6. The number of aliphatic hydroxyl groups excluding tert-OH is 1. The summed E-state index contributed by atoms with van der Waals surface area (Å²) >= 11 is 0. The molecule has 3 N–H and O–H groups in total. The summed E-state index contributed by atoms with van der Waals surface area (Å²) in [6.07, 6.45) is 38.2. The average molecular weight is 1740 g/mol. The number of aliphatic hydroxyl groups is 3. The van der Waals surface area contributed by atoms with Gasteiger partial charge in [-0.2, -0.15) is 0 Å². The molecular weight excluding hydrogens is 1510 g/mol. The maximum Gasteiger partial charge on any atom is 0.245 e. The minimum atomic E-state index is -2.48. The zero-order chi connectivity index (χ0) is 93.8. The van der Waals surface area contributed by atoms with Crippen molar-refractivity contribution in [2.45, 2.75) is 506 Å². The maximum absolute atomic E-state index is 12.0. The summed E-state index contributed by atoms with van der Waals surface area (Å²) in [6, 6.07) is 0. The number of hydrogen-bond acceptors (Lipinski definition) is 7. The lowest BCUT2D eigenvalue weighted by Gasteiger charge is -2.58. The Kier molecular flexibility index (Phi) is 72.9. The van der Waals surface area contributed by atoms with Crippen molar-refractivity contribution in [1.82, 2.24) is 0 Å². The van der Waals surface area contributed by atoms with E-state index in [4.69, 9.17) is 24.1 Å². The first-order chi connectivity index (χ1) is 55.0. The van der Waals surface area contributed by atoms with Gasteiger partial charge in [-0.25, -0.2) is 17.6 Å². The molecule has 3 saturated heterocycles. The Labute approximate surface area is 758 Å². The Hall–Kier alpha value is -0.560. The SMILES string of the molecule is C.CC(C)CC(C)(C)C.CC(C)CC(C)(F)F.CC(C)CC(C)C.CC(C)CC(F)F.CC(C)CC1(C)COC1.CC(C)CC1(CO)COC1.CC(C)CC1(O)CCCCC1.CC(C)CC1(O)COC1.CC(C)CC1CC(C)C1.CC(C)CC1CCC1.CC(C)CC1CCCC1.CC1CC(C(C)C)C1.CC1CC2(C1)CC(C(C)C)C2.CCOC(C)C. The molecule has 736 valence electrons. The quantitative estimate of drug-likeness (QED) is 0.0743. The van der Waals surface area contributed by atoms with Crippen LogP contribution in [-0.4, -0.2) is 97.8 Å². The van der Waals surface area contributed by atoms with E-state index >= 15 is 0 Å². The Morgan fingerprint density at radius 2 is 0.769 bits per heavy atom. The fourth-order valence-corrected chi connectivity index (χ4v) is 20.1. The zero-order valence-electron chi connectivity index (χ0n) is 88.4. The fraction of sp³-hybridized carbons (Fsp3) is 1.00.